The van der Waals surface area contributed by atoms with Gasteiger partial charge in [-0.25, -0.2) is 14.3 Å². The number of rotatable bonds is 4. The van der Waals surface area contributed by atoms with E-state index in [1.54, 1.807) is 28.8 Å². The topological polar surface area (TPSA) is 96.6 Å². The highest BCUT2D eigenvalue weighted by molar-refractivity contribution is 7.22. The molecule has 0 aliphatic heterocycles. The lowest BCUT2D eigenvalue weighted by Gasteiger charge is -2.00. The highest BCUT2D eigenvalue weighted by Crippen LogP contribution is 2.34. The van der Waals surface area contributed by atoms with Gasteiger partial charge in [-0.3, -0.25) is 4.79 Å². The molecule has 1 aromatic carbocycles. The fourth-order valence-corrected chi connectivity index (χ4v) is 4.07. The van der Waals surface area contributed by atoms with Crippen LogP contribution in [0.3, 0.4) is 0 Å². The molecule has 0 atom stereocenters. The largest absolute Gasteiger partial charge is 0.478 e. The van der Waals surface area contributed by atoms with Gasteiger partial charge in [0.05, 0.1) is 16.1 Å². The summed E-state index contributed by atoms with van der Waals surface area (Å²) in [4.78, 5) is 28.7. The summed E-state index contributed by atoms with van der Waals surface area (Å²) in [6.07, 6.45) is 2.01. The Balaban J connectivity index is 1.59. The van der Waals surface area contributed by atoms with E-state index in [4.69, 9.17) is 0 Å². The first-order valence-corrected chi connectivity index (χ1v) is 9.34. The van der Waals surface area contributed by atoms with Gasteiger partial charge in [0.25, 0.3) is 5.91 Å². The summed E-state index contributed by atoms with van der Waals surface area (Å²) >= 11 is 1.48. The molecule has 1 aliphatic carbocycles. The van der Waals surface area contributed by atoms with E-state index < -0.39 is 5.97 Å². The zero-order chi connectivity index (χ0) is 18.5. The van der Waals surface area contributed by atoms with Gasteiger partial charge in [0, 0.05) is 10.7 Å². The van der Waals surface area contributed by atoms with E-state index in [9.17, 15) is 14.7 Å². The number of thiophene rings is 1. The maximum absolute atomic E-state index is 12.3. The molecule has 1 aliphatic rings. The Morgan fingerprint density at radius 3 is 2.81 bits per heavy atom. The Morgan fingerprint density at radius 2 is 2.04 bits per heavy atom. The number of hydrogen-bond acceptors (Lipinski definition) is 5. The average Bonchev–Trinajstić information content (AvgIpc) is 3.20. The van der Waals surface area contributed by atoms with E-state index in [1.807, 2.05) is 18.2 Å². The highest BCUT2D eigenvalue weighted by Gasteiger charge is 2.26. The molecule has 8 heteroatoms. The summed E-state index contributed by atoms with van der Waals surface area (Å²) in [6.45, 7) is 0. The molecule has 7 nitrogen and oxygen atoms in total. The van der Waals surface area contributed by atoms with E-state index in [0.717, 1.165) is 33.5 Å². The van der Waals surface area contributed by atoms with Crippen molar-refractivity contribution in [2.24, 2.45) is 0 Å². The third-order valence-electron chi connectivity index (χ3n) is 4.49. The Kier molecular flexibility index (Phi) is 3.48. The number of aromatic carboxylic acids is 1. The molecule has 3 aromatic heterocycles. The molecular weight excluding hydrogens is 364 g/mol. The molecule has 4 aromatic rings. The SMILES string of the molecule is O=C(O)c1ccc2cc(-c3cccc4nc(C(=O)NC5CC5)nn34)sc2c1. The molecule has 27 heavy (non-hydrogen) atoms. The Labute approximate surface area is 157 Å². The van der Waals surface area contributed by atoms with E-state index in [1.165, 1.54) is 11.3 Å². The minimum absolute atomic E-state index is 0.156. The second-order valence-electron chi connectivity index (χ2n) is 6.53. The lowest BCUT2D eigenvalue weighted by Crippen LogP contribution is -2.26. The van der Waals surface area contributed by atoms with Crippen LogP contribution >= 0.6 is 11.3 Å². The molecule has 2 N–H and O–H groups in total. The number of carbonyl (C=O) groups excluding carboxylic acids is 1. The molecular formula is C19H14N4O3S. The molecule has 1 amide bonds. The van der Waals surface area contributed by atoms with E-state index in [0.29, 0.717) is 5.65 Å². The second-order valence-corrected chi connectivity index (χ2v) is 7.62. The molecule has 0 radical (unpaired) electrons. The van der Waals surface area contributed by atoms with E-state index >= 15 is 0 Å². The van der Waals surface area contributed by atoms with Crippen LogP contribution < -0.4 is 5.32 Å². The lowest BCUT2D eigenvalue weighted by molar-refractivity contribution is 0.0696. The van der Waals surface area contributed by atoms with Gasteiger partial charge in [-0.05, 0) is 48.6 Å². The van der Waals surface area contributed by atoms with Crippen LogP contribution in [0, 0.1) is 0 Å². The number of benzene rings is 1. The molecule has 0 unspecified atom stereocenters. The fraction of sp³-hybridized carbons (Fsp3) is 0.158. The summed E-state index contributed by atoms with van der Waals surface area (Å²) in [7, 11) is 0. The number of carboxylic acids is 1. The molecule has 3 heterocycles. The number of nitrogens with zero attached hydrogens (tertiary/aromatic N) is 3. The van der Waals surface area contributed by atoms with E-state index in [-0.39, 0.29) is 23.3 Å². The van der Waals surface area contributed by atoms with Crippen molar-refractivity contribution in [1.82, 2.24) is 19.9 Å². The van der Waals surface area contributed by atoms with Gasteiger partial charge in [0.2, 0.25) is 5.82 Å². The number of amides is 1. The van der Waals surface area contributed by atoms with Crippen LogP contribution in [0.2, 0.25) is 0 Å². The van der Waals surface area contributed by atoms with Crippen molar-refractivity contribution in [3.63, 3.8) is 0 Å². The predicted octanol–water partition coefficient (Wildman–Crippen LogP) is 3.20. The molecule has 1 fully saturated rings. The van der Waals surface area contributed by atoms with Crippen molar-refractivity contribution in [2.45, 2.75) is 18.9 Å². The van der Waals surface area contributed by atoms with Gasteiger partial charge < -0.3 is 10.4 Å². The molecule has 5 rings (SSSR count). The maximum Gasteiger partial charge on any atom is 0.335 e. The summed E-state index contributed by atoms with van der Waals surface area (Å²) < 4.78 is 2.54. The first-order chi connectivity index (χ1) is 13.1. The molecule has 134 valence electrons. The van der Waals surface area contributed by atoms with Crippen molar-refractivity contribution in [3.05, 3.63) is 53.9 Å². The summed E-state index contributed by atoms with van der Waals surface area (Å²) in [5.41, 5.74) is 1.66. The van der Waals surface area contributed by atoms with Crippen molar-refractivity contribution in [1.29, 1.82) is 0 Å². The van der Waals surface area contributed by atoms with Gasteiger partial charge in [0.1, 0.15) is 0 Å². The van der Waals surface area contributed by atoms with Crippen molar-refractivity contribution in [2.75, 3.05) is 0 Å². The van der Waals surface area contributed by atoms with Gasteiger partial charge in [-0.15, -0.1) is 16.4 Å². The van der Waals surface area contributed by atoms with Crippen LogP contribution in [-0.4, -0.2) is 37.6 Å². The van der Waals surface area contributed by atoms with Gasteiger partial charge in [0.15, 0.2) is 5.65 Å². The predicted molar refractivity (Wildman–Crippen MR) is 101 cm³/mol. The van der Waals surface area contributed by atoms with Crippen LogP contribution in [0.25, 0.3) is 26.3 Å². The normalized spacial score (nSPS) is 13.9. The third-order valence-corrected chi connectivity index (χ3v) is 5.62. The molecule has 0 spiro atoms. The van der Waals surface area contributed by atoms with Crippen LogP contribution in [0.4, 0.5) is 0 Å². The van der Waals surface area contributed by atoms with Gasteiger partial charge in [-0.2, -0.15) is 0 Å². The molecule has 0 bridgehead atoms. The molecule has 0 saturated heterocycles. The Morgan fingerprint density at radius 1 is 1.19 bits per heavy atom. The van der Waals surface area contributed by atoms with Crippen LogP contribution in [0.1, 0.15) is 33.8 Å². The van der Waals surface area contributed by atoms with Crippen molar-refractivity contribution < 1.29 is 14.7 Å². The van der Waals surface area contributed by atoms with Crippen molar-refractivity contribution >= 4 is 38.9 Å². The zero-order valence-corrected chi connectivity index (χ0v) is 14.9. The maximum atomic E-state index is 12.3. The summed E-state index contributed by atoms with van der Waals surface area (Å²) in [5, 5.41) is 17.4. The number of carboxylic acid groups (broad SMARTS) is 1. The van der Waals surface area contributed by atoms with Crippen LogP contribution in [0.5, 0.6) is 0 Å². The second kappa shape index (κ2) is 5.88. The Hall–Kier alpha value is -3.26. The van der Waals surface area contributed by atoms with Crippen LogP contribution in [0.15, 0.2) is 42.5 Å². The van der Waals surface area contributed by atoms with Crippen LogP contribution in [-0.2, 0) is 0 Å². The van der Waals surface area contributed by atoms with Crippen molar-refractivity contribution in [3.8, 4) is 10.6 Å². The minimum Gasteiger partial charge on any atom is -0.478 e. The van der Waals surface area contributed by atoms with Gasteiger partial charge in [-0.1, -0.05) is 12.1 Å². The first-order valence-electron chi connectivity index (χ1n) is 8.52. The summed E-state index contributed by atoms with van der Waals surface area (Å²) in [6, 6.07) is 12.9. The third kappa shape index (κ3) is 2.83. The fourth-order valence-electron chi connectivity index (χ4n) is 2.96. The number of aromatic nitrogens is 3. The number of carbonyl (C=O) groups is 2. The number of nitrogens with one attached hydrogen (secondary N) is 1. The lowest BCUT2D eigenvalue weighted by atomic mass is 10.1. The smallest absolute Gasteiger partial charge is 0.335 e. The number of hydrogen-bond donors (Lipinski definition) is 2. The Bertz CT molecular complexity index is 1220. The highest BCUT2D eigenvalue weighted by atomic mass is 32.1. The standard InChI is InChI=1S/C19H14N4O3S/c24-18(20-12-6-7-12)17-21-16-3-1-2-13(23(16)22-17)15-8-10-4-5-11(19(25)26)9-14(10)27-15/h1-5,8-9,12H,6-7H2,(H,20,24)(H,25,26). The average molecular weight is 378 g/mol. The number of pyridine rings is 1. The molecule has 1 saturated carbocycles. The minimum atomic E-state index is -0.948. The summed E-state index contributed by atoms with van der Waals surface area (Å²) in [5.74, 6) is -1.05. The quantitative estimate of drug-likeness (QED) is 0.568. The first kappa shape index (κ1) is 16.0. The number of fused-ring (bicyclic) bond motifs is 2. The monoisotopic (exact) mass is 378 g/mol. The van der Waals surface area contributed by atoms with E-state index in [2.05, 4.69) is 15.4 Å². The zero-order valence-electron chi connectivity index (χ0n) is 14.0. The van der Waals surface area contributed by atoms with Gasteiger partial charge >= 0.3 is 5.97 Å².